The Balaban J connectivity index is 2.90. The van der Waals surface area contributed by atoms with Crippen LogP contribution in [0.2, 0.25) is 0 Å². The van der Waals surface area contributed by atoms with E-state index in [1.54, 1.807) is 6.92 Å². The van der Waals surface area contributed by atoms with Crippen LogP contribution in [-0.4, -0.2) is 16.9 Å². The largest absolute Gasteiger partial charge is 0.349 e. The molecular formula is C14H18F2N2O3. The first-order chi connectivity index (χ1) is 9.72. The summed E-state index contributed by atoms with van der Waals surface area (Å²) in [4.78, 5) is 21.5. The summed E-state index contributed by atoms with van der Waals surface area (Å²) in [5.74, 6) is -2.75. The van der Waals surface area contributed by atoms with E-state index in [4.69, 9.17) is 0 Å². The number of rotatable bonds is 6. The molecule has 1 aromatic carbocycles. The van der Waals surface area contributed by atoms with E-state index in [0.29, 0.717) is 24.5 Å². The minimum absolute atomic E-state index is 0.235. The number of amides is 1. The Labute approximate surface area is 121 Å². The average molecular weight is 300 g/mol. The number of halogens is 2. The zero-order valence-corrected chi connectivity index (χ0v) is 12.2. The van der Waals surface area contributed by atoms with Gasteiger partial charge in [-0.1, -0.05) is 13.8 Å². The minimum atomic E-state index is -1.32. The van der Waals surface area contributed by atoms with Crippen LogP contribution in [0.25, 0.3) is 0 Å². The van der Waals surface area contributed by atoms with Crippen molar-refractivity contribution in [3.8, 4) is 0 Å². The van der Waals surface area contributed by atoms with E-state index in [9.17, 15) is 23.7 Å². The third-order valence-corrected chi connectivity index (χ3v) is 3.01. The maximum absolute atomic E-state index is 13.8. The van der Waals surface area contributed by atoms with Gasteiger partial charge in [0, 0.05) is 6.04 Å². The second kappa shape index (κ2) is 7.10. The number of hydrogen-bond donors (Lipinski definition) is 1. The predicted molar refractivity (Wildman–Crippen MR) is 74.0 cm³/mol. The lowest BCUT2D eigenvalue weighted by Crippen LogP contribution is -2.33. The Morgan fingerprint density at radius 3 is 2.43 bits per heavy atom. The predicted octanol–water partition coefficient (Wildman–Crippen LogP) is 3.43. The molecule has 1 aromatic rings. The fourth-order valence-electron chi connectivity index (χ4n) is 1.83. The van der Waals surface area contributed by atoms with Crippen molar-refractivity contribution in [1.82, 2.24) is 5.32 Å². The lowest BCUT2D eigenvalue weighted by molar-refractivity contribution is -0.387. The molecule has 21 heavy (non-hydrogen) atoms. The lowest BCUT2D eigenvalue weighted by Gasteiger charge is -2.15. The highest BCUT2D eigenvalue weighted by atomic mass is 19.1. The molecule has 7 heteroatoms. The van der Waals surface area contributed by atoms with Gasteiger partial charge in [0.05, 0.1) is 16.6 Å². The third kappa shape index (κ3) is 4.77. The van der Waals surface area contributed by atoms with Crippen molar-refractivity contribution in [2.75, 3.05) is 0 Å². The first kappa shape index (κ1) is 17.0. The van der Waals surface area contributed by atoms with Crippen LogP contribution < -0.4 is 5.32 Å². The Kier molecular flexibility index (Phi) is 5.75. The second-order valence-electron chi connectivity index (χ2n) is 5.39. The Morgan fingerprint density at radius 2 is 1.90 bits per heavy atom. The molecule has 0 aromatic heterocycles. The van der Waals surface area contributed by atoms with Crippen LogP contribution in [0.5, 0.6) is 0 Å². The fourth-order valence-corrected chi connectivity index (χ4v) is 1.83. The summed E-state index contributed by atoms with van der Waals surface area (Å²) in [5, 5.41) is 13.1. The molecule has 1 N–H and O–H groups in total. The topological polar surface area (TPSA) is 72.2 Å². The minimum Gasteiger partial charge on any atom is -0.349 e. The van der Waals surface area contributed by atoms with Crippen LogP contribution in [-0.2, 0) is 0 Å². The van der Waals surface area contributed by atoms with Crippen molar-refractivity contribution < 1.29 is 18.5 Å². The molecule has 0 fully saturated rings. The van der Waals surface area contributed by atoms with Crippen molar-refractivity contribution in [1.29, 1.82) is 0 Å². The molecule has 0 bridgehead atoms. The van der Waals surface area contributed by atoms with Crippen LogP contribution in [0.3, 0.4) is 0 Å². The quantitative estimate of drug-likeness (QED) is 0.646. The summed E-state index contributed by atoms with van der Waals surface area (Å²) in [6.07, 6.45) is 1.55. The molecule has 0 aliphatic heterocycles. The standard InChI is InChI=1S/C14H18F2N2O3/c1-8(2)4-5-9(3)17-14(19)11-6-10(15)7-12(13(11)16)18(20)21/h6-9H,4-5H2,1-3H3,(H,17,19). The van der Waals surface area contributed by atoms with Crippen LogP contribution in [0.15, 0.2) is 12.1 Å². The first-order valence-corrected chi connectivity index (χ1v) is 6.66. The summed E-state index contributed by atoms with van der Waals surface area (Å²) >= 11 is 0. The Hall–Kier alpha value is -2.05. The van der Waals surface area contributed by atoms with Gasteiger partial charge in [-0.2, -0.15) is 4.39 Å². The van der Waals surface area contributed by atoms with Crippen LogP contribution in [0.1, 0.15) is 44.0 Å². The molecule has 0 saturated heterocycles. The fraction of sp³-hybridized carbons (Fsp3) is 0.500. The number of nitrogens with zero attached hydrogens (tertiary/aromatic N) is 1. The van der Waals surface area contributed by atoms with Gasteiger partial charge in [-0.05, 0) is 31.7 Å². The van der Waals surface area contributed by atoms with Crippen LogP contribution in [0, 0.1) is 27.7 Å². The van der Waals surface area contributed by atoms with Crippen molar-refractivity contribution in [2.45, 2.75) is 39.7 Å². The third-order valence-electron chi connectivity index (χ3n) is 3.01. The highest BCUT2D eigenvalue weighted by Crippen LogP contribution is 2.22. The first-order valence-electron chi connectivity index (χ1n) is 6.66. The molecular weight excluding hydrogens is 282 g/mol. The zero-order chi connectivity index (χ0) is 16.2. The molecule has 0 saturated carbocycles. The number of carbonyl (C=O) groups excluding carboxylic acids is 1. The molecule has 0 aliphatic rings. The van der Waals surface area contributed by atoms with E-state index < -0.39 is 33.7 Å². The monoisotopic (exact) mass is 300 g/mol. The summed E-state index contributed by atoms with van der Waals surface area (Å²) in [6, 6.07) is 0.878. The van der Waals surface area contributed by atoms with E-state index in [1.165, 1.54) is 0 Å². The number of nitro benzene ring substituents is 1. The lowest BCUT2D eigenvalue weighted by atomic mass is 10.0. The number of carbonyl (C=O) groups is 1. The van der Waals surface area contributed by atoms with Crippen molar-refractivity contribution in [3.63, 3.8) is 0 Å². The van der Waals surface area contributed by atoms with Gasteiger partial charge in [-0.3, -0.25) is 14.9 Å². The number of benzene rings is 1. The van der Waals surface area contributed by atoms with Gasteiger partial charge in [0.15, 0.2) is 0 Å². The summed E-state index contributed by atoms with van der Waals surface area (Å²) in [6.45, 7) is 5.81. The van der Waals surface area contributed by atoms with Gasteiger partial charge in [0.2, 0.25) is 5.82 Å². The van der Waals surface area contributed by atoms with Gasteiger partial charge in [0.25, 0.3) is 5.91 Å². The number of hydrogen-bond acceptors (Lipinski definition) is 3. The van der Waals surface area contributed by atoms with Gasteiger partial charge >= 0.3 is 5.69 Å². The molecule has 0 radical (unpaired) electrons. The molecule has 5 nitrogen and oxygen atoms in total. The van der Waals surface area contributed by atoms with Gasteiger partial charge in [-0.25, -0.2) is 4.39 Å². The Morgan fingerprint density at radius 1 is 1.29 bits per heavy atom. The van der Waals surface area contributed by atoms with Crippen LogP contribution in [0.4, 0.5) is 14.5 Å². The summed E-state index contributed by atoms with van der Waals surface area (Å²) in [5.41, 5.74) is -1.70. The van der Waals surface area contributed by atoms with E-state index in [0.717, 1.165) is 6.42 Å². The van der Waals surface area contributed by atoms with Gasteiger partial charge in [-0.15, -0.1) is 0 Å². The van der Waals surface area contributed by atoms with E-state index in [2.05, 4.69) is 5.32 Å². The molecule has 0 spiro atoms. The van der Waals surface area contributed by atoms with Crippen LogP contribution >= 0.6 is 0 Å². The molecule has 1 unspecified atom stereocenters. The molecule has 116 valence electrons. The highest BCUT2D eigenvalue weighted by Gasteiger charge is 2.24. The van der Waals surface area contributed by atoms with Gasteiger partial charge in [0.1, 0.15) is 5.82 Å². The Bertz CT molecular complexity index is 547. The summed E-state index contributed by atoms with van der Waals surface area (Å²) in [7, 11) is 0. The number of nitro groups is 1. The van der Waals surface area contributed by atoms with E-state index in [-0.39, 0.29) is 6.04 Å². The van der Waals surface area contributed by atoms with E-state index in [1.807, 2.05) is 13.8 Å². The molecule has 1 atom stereocenters. The molecule has 1 rings (SSSR count). The maximum Gasteiger partial charge on any atom is 0.308 e. The maximum atomic E-state index is 13.8. The van der Waals surface area contributed by atoms with Crippen molar-refractivity contribution in [3.05, 3.63) is 39.4 Å². The molecule has 1 amide bonds. The van der Waals surface area contributed by atoms with Crippen molar-refractivity contribution in [2.24, 2.45) is 5.92 Å². The number of nitrogens with one attached hydrogen (secondary N) is 1. The normalized spacial score (nSPS) is 12.3. The van der Waals surface area contributed by atoms with Crippen molar-refractivity contribution >= 4 is 11.6 Å². The molecule has 0 heterocycles. The zero-order valence-electron chi connectivity index (χ0n) is 12.2. The average Bonchev–Trinajstić information content (AvgIpc) is 2.38. The second-order valence-corrected chi connectivity index (χ2v) is 5.39. The molecule has 0 aliphatic carbocycles. The van der Waals surface area contributed by atoms with E-state index >= 15 is 0 Å². The highest BCUT2D eigenvalue weighted by molar-refractivity contribution is 5.95. The van der Waals surface area contributed by atoms with Gasteiger partial charge < -0.3 is 5.32 Å². The SMILES string of the molecule is CC(C)CCC(C)NC(=O)c1cc(F)cc([N+](=O)[O-])c1F. The summed E-state index contributed by atoms with van der Waals surface area (Å²) < 4.78 is 27.1. The smallest absolute Gasteiger partial charge is 0.308 e.